The van der Waals surface area contributed by atoms with E-state index in [1.54, 1.807) is 0 Å². The summed E-state index contributed by atoms with van der Waals surface area (Å²) in [7, 11) is 0. The van der Waals surface area contributed by atoms with Gasteiger partial charge in [-0.25, -0.2) is 0 Å². The number of nitrogens with one attached hydrogen (secondary N) is 1. The van der Waals surface area contributed by atoms with Gasteiger partial charge in [-0.15, -0.1) is 0 Å². The van der Waals surface area contributed by atoms with Crippen LogP contribution in [-0.4, -0.2) is 12.8 Å². The van der Waals surface area contributed by atoms with Crippen LogP contribution in [0.25, 0.3) is 0 Å². The summed E-state index contributed by atoms with van der Waals surface area (Å²) in [6.45, 7) is 2.86. The van der Waals surface area contributed by atoms with E-state index in [-0.39, 0.29) is 0 Å². The highest BCUT2D eigenvalue weighted by Gasteiger charge is 2.37. The highest BCUT2D eigenvalue weighted by molar-refractivity contribution is 5.82. The Bertz CT molecular complexity index is 1080. The molecule has 0 spiro atoms. The molecule has 0 aromatic heterocycles. The molecule has 1 N–H and O–H groups in total. The van der Waals surface area contributed by atoms with E-state index in [1.165, 1.54) is 16.8 Å². The topological polar surface area (TPSA) is 33.6 Å². The van der Waals surface area contributed by atoms with Gasteiger partial charge < -0.3 is 10.1 Å². The number of nitrogens with zero attached hydrogens (tertiary/aromatic N) is 1. The van der Waals surface area contributed by atoms with Gasteiger partial charge in [0.25, 0.3) is 0 Å². The molecule has 0 fully saturated rings. The van der Waals surface area contributed by atoms with Crippen LogP contribution in [0.3, 0.4) is 0 Å². The molecule has 1 aliphatic heterocycles. The monoisotopic (exact) mass is 408 g/mol. The number of hydrogen-bond acceptors (Lipinski definition) is 3. The van der Waals surface area contributed by atoms with Gasteiger partial charge in [-0.05, 0) is 77.9 Å². The summed E-state index contributed by atoms with van der Waals surface area (Å²) in [6, 6.07) is 25.8. The van der Waals surface area contributed by atoms with Gasteiger partial charge in [-0.3, -0.25) is 4.99 Å². The number of allylic oxidation sites excluding steroid dienone is 2. The van der Waals surface area contributed by atoms with Crippen LogP contribution in [0.2, 0.25) is 0 Å². The molecule has 3 aromatic carbocycles. The van der Waals surface area contributed by atoms with Crippen molar-refractivity contribution in [2.45, 2.75) is 31.7 Å². The first-order valence-corrected chi connectivity index (χ1v) is 11.2. The van der Waals surface area contributed by atoms with E-state index < -0.39 is 0 Å². The second-order valence-electron chi connectivity index (χ2n) is 8.33. The van der Waals surface area contributed by atoms with Crippen LogP contribution in [0.5, 0.6) is 5.75 Å². The molecule has 3 nitrogen and oxygen atoms in total. The molecule has 156 valence electrons. The Balaban J connectivity index is 1.30. The normalized spacial score (nSPS) is 21.5. The fraction of sp³-hybridized carbons (Fsp3) is 0.250. The summed E-state index contributed by atoms with van der Waals surface area (Å²) < 4.78 is 5.64. The second-order valence-corrected chi connectivity index (χ2v) is 8.33. The third kappa shape index (κ3) is 4.13. The molecular formula is C28H28N2O. The average Bonchev–Trinajstić information content (AvgIpc) is 3.32. The summed E-state index contributed by atoms with van der Waals surface area (Å²) >= 11 is 0. The van der Waals surface area contributed by atoms with Crippen LogP contribution in [0, 0.1) is 5.92 Å². The van der Waals surface area contributed by atoms with Crippen molar-refractivity contribution in [3.8, 4) is 5.75 Å². The van der Waals surface area contributed by atoms with Gasteiger partial charge in [0.1, 0.15) is 5.75 Å². The van der Waals surface area contributed by atoms with E-state index >= 15 is 0 Å². The SMILES string of the molecule is CCCOc1ccc(C=Nc2ccc([C@@H]3Nc4ccccc4[C@@H]4C=CC[C@@H]43)cc2)cc1. The number of aliphatic imine (C=N–C) groups is 1. The predicted molar refractivity (Wildman–Crippen MR) is 129 cm³/mol. The molecule has 0 unspecified atom stereocenters. The van der Waals surface area contributed by atoms with Crippen molar-refractivity contribution in [2.75, 3.05) is 11.9 Å². The van der Waals surface area contributed by atoms with Gasteiger partial charge in [0.2, 0.25) is 0 Å². The molecule has 5 rings (SSSR count). The van der Waals surface area contributed by atoms with Crippen molar-refractivity contribution >= 4 is 17.6 Å². The lowest BCUT2D eigenvalue weighted by molar-refractivity contribution is 0.317. The largest absolute Gasteiger partial charge is 0.494 e. The van der Waals surface area contributed by atoms with Gasteiger partial charge in [0.15, 0.2) is 0 Å². The molecular weight excluding hydrogens is 380 g/mol. The number of ether oxygens (including phenoxy) is 1. The molecule has 3 heteroatoms. The number of rotatable bonds is 6. The fourth-order valence-electron chi connectivity index (χ4n) is 4.66. The van der Waals surface area contributed by atoms with E-state index in [2.05, 4.69) is 77.9 Å². The van der Waals surface area contributed by atoms with Crippen LogP contribution in [0.15, 0.2) is 89.9 Å². The average molecular weight is 409 g/mol. The van der Waals surface area contributed by atoms with Gasteiger partial charge in [-0.1, -0.05) is 49.4 Å². The van der Waals surface area contributed by atoms with E-state index in [4.69, 9.17) is 4.74 Å². The molecule has 0 saturated heterocycles. The quantitative estimate of drug-likeness (QED) is 0.350. The van der Waals surface area contributed by atoms with E-state index in [1.807, 2.05) is 30.5 Å². The lowest BCUT2D eigenvalue weighted by Gasteiger charge is -2.37. The first-order valence-electron chi connectivity index (χ1n) is 11.2. The Morgan fingerprint density at radius 2 is 1.81 bits per heavy atom. The maximum absolute atomic E-state index is 5.64. The van der Waals surface area contributed by atoms with E-state index in [0.717, 1.165) is 36.4 Å². The van der Waals surface area contributed by atoms with Crippen molar-refractivity contribution < 1.29 is 4.74 Å². The highest BCUT2D eigenvalue weighted by atomic mass is 16.5. The van der Waals surface area contributed by atoms with Crippen molar-refractivity contribution in [1.29, 1.82) is 0 Å². The summed E-state index contributed by atoms with van der Waals surface area (Å²) in [6.07, 6.45) is 8.76. The molecule has 0 bridgehead atoms. The molecule has 0 amide bonds. The van der Waals surface area contributed by atoms with E-state index in [0.29, 0.717) is 17.9 Å². The molecule has 31 heavy (non-hydrogen) atoms. The molecule has 0 saturated carbocycles. The van der Waals surface area contributed by atoms with Gasteiger partial charge in [0.05, 0.1) is 18.3 Å². The van der Waals surface area contributed by atoms with Gasteiger partial charge in [-0.2, -0.15) is 0 Å². The number of benzene rings is 3. The standard InChI is InChI=1S/C28H28N2O/c1-2-18-31-23-16-10-20(11-17-23)19-29-22-14-12-21(13-15-22)28-26-8-5-7-24(26)25-6-3-4-9-27(25)30-28/h3-7,9-17,19,24,26,28,30H,2,8,18H2,1H3/t24-,26-,28-/m0/s1. The van der Waals surface area contributed by atoms with Crippen LogP contribution in [-0.2, 0) is 0 Å². The third-order valence-corrected chi connectivity index (χ3v) is 6.24. The Hall–Kier alpha value is -3.33. The zero-order valence-electron chi connectivity index (χ0n) is 17.9. The minimum Gasteiger partial charge on any atom is -0.494 e. The third-order valence-electron chi connectivity index (χ3n) is 6.24. The highest BCUT2D eigenvalue weighted by Crippen LogP contribution is 2.49. The lowest BCUT2D eigenvalue weighted by Crippen LogP contribution is -2.28. The zero-order valence-corrected chi connectivity index (χ0v) is 17.9. The van der Waals surface area contributed by atoms with E-state index in [9.17, 15) is 0 Å². The number of fused-ring (bicyclic) bond motifs is 3. The minimum atomic E-state index is 0.323. The number of para-hydroxylation sites is 1. The maximum atomic E-state index is 5.64. The molecule has 1 aliphatic carbocycles. The summed E-state index contributed by atoms with van der Waals surface area (Å²) in [4.78, 5) is 4.66. The van der Waals surface area contributed by atoms with Gasteiger partial charge >= 0.3 is 0 Å². The Morgan fingerprint density at radius 3 is 2.61 bits per heavy atom. The fourth-order valence-corrected chi connectivity index (χ4v) is 4.66. The zero-order chi connectivity index (χ0) is 21.0. The second kappa shape index (κ2) is 8.81. The summed E-state index contributed by atoms with van der Waals surface area (Å²) in [5.41, 5.74) is 6.04. The van der Waals surface area contributed by atoms with Crippen molar-refractivity contribution in [2.24, 2.45) is 10.9 Å². The molecule has 3 aromatic rings. The number of hydrogen-bond donors (Lipinski definition) is 1. The number of anilines is 1. The molecule has 3 atom stereocenters. The molecule has 0 radical (unpaired) electrons. The Labute approximate surface area is 184 Å². The van der Waals surface area contributed by atoms with Crippen molar-refractivity contribution in [3.63, 3.8) is 0 Å². The molecule has 2 aliphatic rings. The van der Waals surface area contributed by atoms with Crippen LogP contribution < -0.4 is 10.1 Å². The Morgan fingerprint density at radius 1 is 1.00 bits per heavy atom. The Kier molecular flexibility index (Phi) is 5.57. The van der Waals surface area contributed by atoms with Crippen LogP contribution in [0.4, 0.5) is 11.4 Å². The first kappa shape index (κ1) is 19.6. The smallest absolute Gasteiger partial charge is 0.119 e. The van der Waals surface area contributed by atoms with Crippen molar-refractivity contribution in [3.05, 3.63) is 102 Å². The van der Waals surface area contributed by atoms with Crippen molar-refractivity contribution in [1.82, 2.24) is 0 Å². The lowest BCUT2D eigenvalue weighted by atomic mass is 9.77. The van der Waals surface area contributed by atoms with Gasteiger partial charge in [0, 0.05) is 17.8 Å². The van der Waals surface area contributed by atoms with Crippen LogP contribution in [0.1, 0.15) is 48.4 Å². The molecule has 1 heterocycles. The predicted octanol–water partition coefficient (Wildman–Crippen LogP) is 7.05. The summed E-state index contributed by atoms with van der Waals surface area (Å²) in [5.74, 6) is 1.98. The minimum absolute atomic E-state index is 0.323. The first-order chi connectivity index (χ1) is 15.3. The van der Waals surface area contributed by atoms with Crippen LogP contribution >= 0.6 is 0 Å². The maximum Gasteiger partial charge on any atom is 0.119 e. The summed E-state index contributed by atoms with van der Waals surface area (Å²) in [5, 5.41) is 3.79.